The highest BCUT2D eigenvalue weighted by Gasteiger charge is 2.32. The lowest BCUT2D eigenvalue weighted by Crippen LogP contribution is -2.53. The molecule has 2 N–H and O–H groups in total. The number of carbonyl (C=O) groups excluding carboxylic acids is 1. The van der Waals surface area contributed by atoms with Crippen molar-refractivity contribution in [2.24, 2.45) is 5.73 Å². The van der Waals surface area contributed by atoms with Gasteiger partial charge < -0.3 is 15.5 Å². The Hall–Kier alpha value is -1.65. The zero-order valence-electron chi connectivity index (χ0n) is 12.0. The quantitative estimate of drug-likeness (QED) is 0.844. The maximum Gasteiger partial charge on any atom is 0.240 e. The van der Waals surface area contributed by atoms with Gasteiger partial charge >= 0.3 is 0 Å². The Bertz CT molecular complexity index is 460. The largest absolute Gasteiger partial charge is 0.332 e. The zero-order valence-corrected chi connectivity index (χ0v) is 12.0. The Morgan fingerprint density at radius 2 is 2.15 bits per heavy atom. The predicted molar refractivity (Wildman–Crippen MR) is 81.2 cm³/mol. The molecule has 108 valence electrons. The van der Waals surface area contributed by atoms with Crippen LogP contribution in [0, 0.1) is 0 Å². The number of rotatable bonds is 4. The number of likely N-dealkylation sites (N-methyl/N-ethyl adjacent to an activating group) is 1. The minimum absolute atomic E-state index is 0.0202. The summed E-state index contributed by atoms with van der Waals surface area (Å²) in [6, 6.07) is 9.75. The van der Waals surface area contributed by atoms with Gasteiger partial charge in [0, 0.05) is 19.6 Å². The standard InChI is InChI=1S/C16H23N3O/c1-3-7-14(17)16(20)19-11-10-18(2)12-15(19)13-8-5-4-6-9-13/h3-6,8-9,14-15H,1,7,10-12,17H2,2H3. The summed E-state index contributed by atoms with van der Waals surface area (Å²) in [4.78, 5) is 16.7. The Morgan fingerprint density at radius 3 is 2.80 bits per heavy atom. The average molecular weight is 273 g/mol. The van der Waals surface area contributed by atoms with Gasteiger partial charge in [-0.1, -0.05) is 36.4 Å². The molecule has 1 heterocycles. The number of nitrogens with zero attached hydrogens (tertiary/aromatic N) is 2. The van der Waals surface area contributed by atoms with Crippen LogP contribution >= 0.6 is 0 Å². The third-order valence-electron chi connectivity index (χ3n) is 3.79. The minimum Gasteiger partial charge on any atom is -0.332 e. The fraction of sp³-hybridized carbons (Fsp3) is 0.438. The lowest BCUT2D eigenvalue weighted by molar-refractivity contribution is -0.137. The highest BCUT2D eigenvalue weighted by Crippen LogP contribution is 2.25. The summed E-state index contributed by atoms with van der Waals surface area (Å²) in [6.45, 7) is 6.11. The van der Waals surface area contributed by atoms with Crippen LogP contribution in [0.3, 0.4) is 0 Å². The van der Waals surface area contributed by atoms with E-state index in [1.54, 1.807) is 6.08 Å². The summed E-state index contributed by atoms with van der Waals surface area (Å²) in [6.07, 6.45) is 2.23. The van der Waals surface area contributed by atoms with E-state index in [0.717, 1.165) is 19.6 Å². The smallest absolute Gasteiger partial charge is 0.240 e. The molecule has 1 fully saturated rings. The molecule has 2 atom stereocenters. The number of carbonyl (C=O) groups is 1. The van der Waals surface area contributed by atoms with Crippen LogP contribution in [0.1, 0.15) is 18.0 Å². The van der Waals surface area contributed by atoms with Gasteiger partial charge in [-0.2, -0.15) is 0 Å². The summed E-state index contributed by atoms with van der Waals surface area (Å²) in [5.74, 6) is 0.0202. The molecule has 1 aliphatic heterocycles. The van der Waals surface area contributed by atoms with Gasteiger partial charge in [0.2, 0.25) is 5.91 Å². The number of amides is 1. The minimum atomic E-state index is -0.484. The van der Waals surface area contributed by atoms with Gasteiger partial charge in [-0.25, -0.2) is 0 Å². The molecule has 0 radical (unpaired) electrons. The lowest BCUT2D eigenvalue weighted by Gasteiger charge is -2.41. The van der Waals surface area contributed by atoms with Gasteiger partial charge in [0.05, 0.1) is 12.1 Å². The molecule has 2 rings (SSSR count). The highest BCUT2D eigenvalue weighted by molar-refractivity contribution is 5.82. The third kappa shape index (κ3) is 3.26. The maximum atomic E-state index is 12.5. The van der Waals surface area contributed by atoms with Crippen molar-refractivity contribution in [3.8, 4) is 0 Å². The van der Waals surface area contributed by atoms with E-state index >= 15 is 0 Å². The van der Waals surface area contributed by atoms with Crippen molar-refractivity contribution < 1.29 is 4.79 Å². The molecule has 0 bridgehead atoms. The molecule has 20 heavy (non-hydrogen) atoms. The molecule has 1 saturated heterocycles. The van der Waals surface area contributed by atoms with Crippen LogP contribution in [0.4, 0.5) is 0 Å². The Balaban J connectivity index is 2.20. The molecule has 0 aromatic heterocycles. The van der Waals surface area contributed by atoms with Gasteiger partial charge in [-0.3, -0.25) is 4.79 Å². The van der Waals surface area contributed by atoms with Gasteiger partial charge in [0.15, 0.2) is 0 Å². The van der Waals surface area contributed by atoms with Crippen molar-refractivity contribution in [3.63, 3.8) is 0 Å². The van der Waals surface area contributed by atoms with E-state index in [2.05, 4.69) is 30.7 Å². The molecule has 4 nitrogen and oxygen atoms in total. The summed E-state index contributed by atoms with van der Waals surface area (Å²) >= 11 is 0. The van der Waals surface area contributed by atoms with Crippen molar-refractivity contribution in [2.75, 3.05) is 26.7 Å². The van der Waals surface area contributed by atoms with E-state index in [9.17, 15) is 4.79 Å². The van der Waals surface area contributed by atoms with Crippen LogP contribution < -0.4 is 5.73 Å². The summed E-state index contributed by atoms with van der Waals surface area (Å²) in [7, 11) is 2.08. The normalized spacial score (nSPS) is 21.5. The Kier molecular flexibility index (Phi) is 4.93. The highest BCUT2D eigenvalue weighted by atomic mass is 16.2. The number of benzene rings is 1. The van der Waals surface area contributed by atoms with Crippen LogP contribution in [0.2, 0.25) is 0 Å². The van der Waals surface area contributed by atoms with E-state index in [4.69, 9.17) is 5.73 Å². The molecule has 0 saturated carbocycles. The maximum absolute atomic E-state index is 12.5. The van der Waals surface area contributed by atoms with E-state index in [1.807, 2.05) is 23.1 Å². The summed E-state index contributed by atoms with van der Waals surface area (Å²) in [5.41, 5.74) is 7.12. The molecule has 1 amide bonds. The molecule has 1 aromatic rings. The molecular formula is C16H23N3O. The number of hydrogen-bond donors (Lipinski definition) is 1. The fourth-order valence-electron chi connectivity index (χ4n) is 2.64. The first-order valence-corrected chi connectivity index (χ1v) is 7.04. The lowest BCUT2D eigenvalue weighted by atomic mass is 10.0. The molecule has 0 aliphatic carbocycles. The summed E-state index contributed by atoms with van der Waals surface area (Å²) < 4.78 is 0. The van der Waals surface area contributed by atoms with Crippen molar-refractivity contribution >= 4 is 5.91 Å². The van der Waals surface area contributed by atoms with Gasteiger partial charge in [-0.15, -0.1) is 6.58 Å². The van der Waals surface area contributed by atoms with Gasteiger partial charge in [-0.05, 0) is 19.0 Å². The number of hydrogen-bond acceptors (Lipinski definition) is 3. The van der Waals surface area contributed by atoms with E-state index in [1.165, 1.54) is 5.56 Å². The Morgan fingerprint density at radius 1 is 1.45 bits per heavy atom. The third-order valence-corrected chi connectivity index (χ3v) is 3.79. The molecule has 2 unspecified atom stereocenters. The Labute approximate surface area is 120 Å². The predicted octanol–water partition coefficient (Wildman–Crippen LogP) is 1.41. The van der Waals surface area contributed by atoms with Crippen LogP contribution in [-0.4, -0.2) is 48.4 Å². The first kappa shape index (κ1) is 14.8. The molecule has 1 aromatic carbocycles. The SMILES string of the molecule is C=CCC(N)C(=O)N1CCN(C)CC1c1ccccc1. The van der Waals surface area contributed by atoms with Crippen LogP contribution in [0.25, 0.3) is 0 Å². The second-order valence-corrected chi connectivity index (χ2v) is 5.35. The van der Waals surface area contributed by atoms with Crippen molar-refractivity contribution in [1.82, 2.24) is 9.80 Å². The van der Waals surface area contributed by atoms with Crippen molar-refractivity contribution in [3.05, 3.63) is 48.6 Å². The fourth-order valence-corrected chi connectivity index (χ4v) is 2.64. The summed E-state index contributed by atoms with van der Waals surface area (Å²) in [5, 5.41) is 0. The van der Waals surface area contributed by atoms with E-state index in [-0.39, 0.29) is 11.9 Å². The average Bonchev–Trinajstić information content (AvgIpc) is 2.47. The van der Waals surface area contributed by atoms with Crippen LogP contribution in [0.5, 0.6) is 0 Å². The molecule has 4 heteroatoms. The van der Waals surface area contributed by atoms with Gasteiger partial charge in [0.25, 0.3) is 0 Å². The van der Waals surface area contributed by atoms with Crippen LogP contribution in [-0.2, 0) is 4.79 Å². The molecule has 1 aliphatic rings. The zero-order chi connectivity index (χ0) is 14.5. The van der Waals surface area contributed by atoms with Gasteiger partial charge in [0.1, 0.15) is 0 Å². The number of nitrogens with two attached hydrogens (primary N) is 1. The first-order valence-electron chi connectivity index (χ1n) is 7.04. The van der Waals surface area contributed by atoms with Crippen molar-refractivity contribution in [2.45, 2.75) is 18.5 Å². The van der Waals surface area contributed by atoms with E-state index in [0.29, 0.717) is 6.42 Å². The molecular weight excluding hydrogens is 250 g/mol. The van der Waals surface area contributed by atoms with E-state index < -0.39 is 6.04 Å². The first-order chi connectivity index (χ1) is 9.63. The monoisotopic (exact) mass is 273 g/mol. The number of piperazine rings is 1. The topological polar surface area (TPSA) is 49.6 Å². The second-order valence-electron chi connectivity index (χ2n) is 5.35. The van der Waals surface area contributed by atoms with Crippen LogP contribution in [0.15, 0.2) is 43.0 Å². The van der Waals surface area contributed by atoms with Crippen molar-refractivity contribution in [1.29, 1.82) is 0 Å². The molecule has 0 spiro atoms. The second kappa shape index (κ2) is 6.68.